The molecule has 0 radical (unpaired) electrons. The first kappa shape index (κ1) is 23.7. The van der Waals surface area contributed by atoms with Gasteiger partial charge in [-0.05, 0) is 31.9 Å². The van der Waals surface area contributed by atoms with Crippen molar-refractivity contribution in [3.05, 3.63) is 18.2 Å². The number of hydrogen-bond acceptors (Lipinski definition) is 6. The van der Waals surface area contributed by atoms with E-state index in [1.165, 1.54) is 46.3 Å². The highest BCUT2D eigenvalue weighted by atomic mass is 32.2. The molecule has 1 unspecified atom stereocenters. The standard InChI is InChI=1S/C20H32N2O5S2/c1-15(20(23)21-12-13-28-17-8-6-5-7-9-17)22(29(4,24)25)16-10-11-18(26-2)19(14-16)27-3/h10-11,14-15,17H,5-9,12-13H2,1-4H3,(H,21,23). The number of hydrogen-bond donors (Lipinski definition) is 1. The Hall–Kier alpha value is -1.61. The molecule has 0 heterocycles. The van der Waals surface area contributed by atoms with E-state index in [-0.39, 0.29) is 5.91 Å². The van der Waals surface area contributed by atoms with Gasteiger partial charge in [-0.25, -0.2) is 8.42 Å². The number of anilines is 1. The first-order valence-electron chi connectivity index (χ1n) is 9.88. The van der Waals surface area contributed by atoms with Gasteiger partial charge in [-0.2, -0.15) is 11.8 Å². The number of nitrogens with one attached hydrogen (secondary N) is 1. The molecule has 7 nitrogen and oxygen atoms in total. The molecule has 0 bridgehead atoms. The summed E-state index contributed by atoms with van der Waals surface area (Å²) in [6.45, 7) is 2.11. The van der Waals surface area contributed by atoms with Crippen molar-refractivity contribution in [1.82, 2.24) is 5.32 Å². The molecule has 1 aliphatic rings. The maximum atomic E-state index is 12.7. The van der Waals surface area contributed by atoms with Crippen molar-refractivity contribution < 1.29 is 22.7 Å². The molecule has 29 heavy (non-hydrogen) atoms. The molecule has 1 atom stereocenters. The van der Waals surface area contributed by atoms with Gasteiger partial charge in [0.2, 0.25) is 15.9 Å². The fraction of sp³-hybridized carbons (Fsp3) is 0.650. The molecule has 0 saturated heterocycles. The highest BCUT2D eigenvalue weighted by Gasteiger charge is 2.29. The lowest BCUT2D eigenvalue weighted by Crippen LogP contribution is -2.48. The van der Waals surface area contributed by atoms with Crippen LogP contribution in [-0.4, -0.2) is 58.4 Å². The van der Waals surface area contributed by atoms with E-state index in [0.29, 0.717) is 29.0 Å². The number of carbonyl (C=O) groups is 1. The molecule has 0 aliphatic heterocycles. The number of amides is 1. The number of benzene rings is 1. The number of ether oxygens (including phenoxy) is 2. The van der Waals surface area contributed by atoms with Gasteiger partial charge < -0.3 is 14.8 Å². The Balaban J connectivity index is 2.02. The topological polar surface area (TPSA) is 84.9 Å². The molecule has 0 spiro atoms. The van der Waals surface area contributed by atoms with Gasteiger partial charge in [-0.3, -0.25) is 9.10 Å². The third-order valence-electron chi connectivity index (χ3n) is 5.02. The zero-order valence-electron chi connectivity index (χ0n) is 17.6. The monoisotopic (exact) mass is 444 g/mol. The number of sulfonamides is 1. The fourth-order valence-corrected chi connectivity index (χ4v) is 5.94. The largest absolute Gasteiger partial charge is 0.493 e. The highest BCUT2D eigenvalue weighted by Crippen LogP contribution is 2.33. The quantitative estimate of drug-likeness (QED) is 0.559. The summed E-state index contributed by atoms with van der Waals surface area (Å²) in [5, 5.41) is 3.55. The predicted molar refractivity (Wildman–Crippen MR) is 119 cm³/mol. The lowest BCUT2D eigenvalue weighted by molar-refractivity contribution is -0.121. The van der Waals surface area contributed by atoms with E-state index < -0.39 is 16.1 Å². The van der Waals surface area contributed by atoms with Gasteiger partial charge in [0.05, 0.1) is 26.2 Å². The second kappa shape index (κ2) is 11.0. The summed E-state index contributed by atoms with van der Waals surface area (Å²) in [6.07, 6.45) is 7.48. The first-order valence-corrected chi connectivity index (χ1v) is 12.8. The summed E-state index contributed by atoms with van der Waals surface area (Å²) in [4.78, 5) is 12.7. The molecule has 0 aromatic heterocycles. The number of rotatable bonds is 10. The van der Waals surface area contributed by atoms with Crippen LogP contribution in [0.2, 0.25) is 0 Å². The Kier molecular flexibility index (Phi) is 8.95. The maximum absolute atomic E-state index is 12.7. The summed E-state index contributed by atoms with van der Waals surface area (Å²) in [5.41, 5.74) is 0.351. The van der Waals surface area contributed by atoms with E-state index in [1.54, 1.807) is 25.1 Å². The van der Waals surface area contributed by atoms with E-state index in [4.69, 9.17) is 9.47 Å². The lowest BCUT2D eigenvalue weighted by Gasteiger charge is -2.29. The molecule has 164 valence electrons. The molecule has 2 rings (SSSR count). The maximum Gasteiger partial charge on any atom is 0.243 e. The van der Waals surface area contributed by atoms with Gasteiger partial charge >= 0.3 is 0 Å². The molecule has 1 amide bonds. The van der Waals surface area contributed by atoms with Crippen LogP contribution >= 0.6 is 11.8 Å². The average Bonchev–Trinajstić information content (AvgIpc) is 2.70. The van der Waals surface area contributed by atoms with Crippen molar-refractivity contribution in [2.45, 2.75) is 50.3 Å². The van der Waals surface area contributed by atoms with Crippen LogP contribution in [0.3, 0.4) is 0 Å². The van der Waals surface area contributed by atoms with Crippen LogP contribution in [-0.2, 0) is 14.8 Å². The van der Waals surface area contributed by atoms with Gasteiger partial charge in [-0.15, -0.1) is 0 Å². The number of methoxy groups -OCH3 is 2. The van der Waals surface area contributed by atoms with E-state index in [1.807, 2.05) is 11.8 Å². The first-order chi connectivity index (χ1) is 13.8. The van der Waals surface area contributed by atoms with Gasteiger partial charge in [0.25, 0.3) is 0 Å². The Morgan fingerprint density at radius 1 is 1.21 bits per heavy atom. The summed E-state index contributed by atoms with van der Waals surface area (Å²) < 4.78 is 36.5. The Bertz CT molecular complexity index is 779. The number of nitrogens with zero attached hydrogens (tertiary/aromatic N) is 1. The molecular weight excluding hydrogens is 412 g/mol. The summed E-state index contributed by atoms with van der Waals surface area (Å²) >= 11 is 1.89. The minimum absolute atomic E-state index is 0.325. The van der Waals surface area contributed by atoms with Gasteiger partial charge in [0, 0.05) is 23.6 Å². The van der Waals surface area contributed by atoms with Crippen LogP contribution in [0.15, 0.2) is 18.2 Å². The third-order valence-corrected chi connectivity index (χ3v) is 7.64. The number of thioether (sulfide) groups is 1. The molecule has 1 aromatic carbocycles. The predicted octanol–water partition coefficient (Wildman–Crippen LogP) is 3.04. The van der Waals surface area contributed by atoms with Crippen molar-refractivity contribution in [3.8, 4) is 11.5 Å². The van der Waals surface area contributed by atoms with E-state index in [9.17, 15) is 13.2 Å². The summed E-state index contributed by atoms with van der Waals surface area (Å²) in [6, 6.07) is 3.90. The molecule has 9 heteroatoms. The van der Waals surface area contributed by atoms with Crippen LogP contribution in [0.1, 0.15) is 39.0 Å². The van der Waals surface area contributed by atoms with E-state index in [2.05, 4.69) is 5.32 Å². The van der Waals surface area contributed by atoms with Crippen molar-refractivity contribution in [3.63, 3.8) is 0 Å². The minimum Gasteiger partial charge on any atom is -0.493 e. The molecule has 1 aliphatic carbocycles. The average molecular weight is 445 g/mol. The van der Waals surface area contributed by atoms with E-state index in [0.717, 1.165) is 16.3 Å². The van der Waals surface area contributed by atoms with Crippen molar-refractivity contribution in [2.24, 2.45) is 0 Å². The Labute approximate surface area is 178 Å². The summed E-state index contributed by atoms with van der Waals surface area (Å²) in [7, 11) is -0.698. The minimum atomic E-state index is -3.68. The number of carbonyl (C=O) groups excluding carboxylic acids is 1. The highest BCUT2D eigenvalue weighted by molar-refractivity contribution is 7.99. The van der Waals surface area contributed by atoms with Crippen LogP contribution in [0.25, 0.3) is 0 Å². The van der Waals surface area contributed by atoms with Crippen molar-refractivity contribution >= 4 is 33.4 Å². The molecule has 1 aromatic rings. The second-order valence-corrected chi connectivity index (χ2v) is 10.5. The van der Waals surface area contributed by atoms with Gasteiger partial charge in [0.15, 0.2) is 11.5 Å². The lowest BCUT2D eigenvalue weighted by atomic mass is 10.0. The zero-order chi connectivity index (χ0) is 21.4. The van der Waals surface area contributed by atoms with Crippen molar-refractivity contribution in [1.29, 1.82) is 0 Å². The zero-order valence-corrected chi connectivity index (χ0v) is 19.3. The third kappa shape index (κ3) is 6.70. The second-order valence-electron chi connectivity index (χ2n) is 7.20. The van der Waals surface area contributed by atoms with Crippen LogP contribution in [0, 0.1) is 0 Å². The van der Waals surface area contributed by atoms with Crippen LogP contribution in [0.4, 0.5) is 5.69 Å². The molecule has 1 N–H and O–H groups in total. The molecule has 1 saturated carbocycles. The normalized spacial score (nSPS) is 16.1. The van der Waals surface area contributed by atoms with Crippen molar-refractivity contribution in [2.75, 3.05) is 37.1 Å². The Morgan fingerprint density at radius 3 is 2.45 bits per heavy atom. The fourth-order valence-electron chi connectivity index (χ4n) is 3.55. The van der Waals surface area contributed by atoms with Gasteiger partial charge in [-0.1, -0.05) is 19.3 Å². The van der Waals surface area contributed by atoms with Gasteiger partial charge in [0.1, 0.15) is 6.04 Å². The smallest absolute Gasteiger partial charge is 0.243 e. The Morgan fingerprint density at radius 2 is 1.86 bits per heavy atom. The SMILES string of the molecule is COc1ccc(N(C(C)C(=O)NCCSC2CCCCC2)S(C)(=O)=O)cc1OC. The van der Waals surface area contributed by atoms with Crippen LogP contribution in [0.5, 0.6) is 11.5 Å². The van der Waals surface area contributed by atoms with E-state index >= 15 is 0 Å². The summed E-state index contributed by atoms with van der Waals surface area (Å²) in [5.74, 6) is 1.39. The molecule has 1 fully saturated rings. The van der Waals surface area contributed by atoms with Crippen LogP contribution < -0.4 is 19.1 Å². The molecular formula is C20H32N2O5S2.